The Morgan fingerprint density at radius 2 is 1.96 bits per heavy atom. The second kappa shape index (κ2) is 6.62. The molecule has 0 atom stereocenters. The van der Waals surface area contributed by atoms with Crippen LogP contribution in [0.5, 0.6) is 11.5 Å². The van der Waals surface area contributed by atoms with Crippen molar-refractivity contribution in [2.24, 2.45) is 0 Å². The summed E-state index contributed by atoms with van der Waals surface area (Å²) in [5, 5.41) is 5.51. The van der Waals surface area contributed by atoms with Crippen LogP contribution in [0, 0.1) is 0 Å². The molecule has 0 spiro atoms. The monoisotopic (exact) mass is 326 g/mol. The first-order chi connectivity index (χ1) is 11.5. The molecule has 0 fully saturated rings. The van der Waals surface area contributed by atoms with E-state index < -0.39 is 0 Å². The minimum Gasteiger partial charge on any atom is -0.491 e. The van der Waals surface area contributed by atoms with Crippen LogP contribution in [0.1, 0.15) is 24.2 Å². The number of nitrogens with one attached hydrogen (secondary N) is 2. The van der Waals surface area contributed by atoms with Crippen LogP contribution in [0.15, 0.2) is 42.5 Å². The molecule has 0 bridgehead atoms. The van der Waals surface area contributed by atoms with Crippen LogP contribution in [0.3, 0.4) is 0 Å². The highest BCUT2D eigenvalue weighted by molar-refractivity contribution is 6.05. The van der Waals surface area contributed by atoms with E-state index in [0.717, 1.165) is 5.75 Å². The van der Waals surface area contributed by atoms with Gasteiger partial charge in [-0.05, 0) is 50.2 Å². The zero-order valence-corrected chi connectivity index (χ0v) is 13.5. The number of amides is 2. The van der Waals surface area contributed by atoms with E-state index >= 15 is 0 Å². The number of rotatable bonds is 4. The van der Waals surface area contributed by atoms with Crippen molar-refractivity contribution < 1.29 is 19.1 Å². The number of benzene rings is 2. The third-order valence-electron chi connectivity index (χ3n) is 3.36. The number of carbonyl (C=O) groups is 2. The maximum atomic E-state index is 12.3. The van der Waals surface area contributed by atoms with Crippen molar-refractivity contribution in [1.29, 1.82) is 0 Å². The molecule has 3 rings (SSSR count). The molecule has 124 valence electrons. The molecule has 0 unspecified atom stereocenters. The van der Waals surface area contributed by atoms with Crippen LogP contribution in [0.2, 0.25) is 0 Å². The van der Waals surface area contributed by atoms with Gasteiger partial charge in [0.15, 0.2) is 6.61 Å². The Morgan fingerprint density at radius 1 is 1.21 bits per heavy atom. The molecule has 0 radical (unpaired) electrons. The Morgan fingerprint density at radius 3 is 2.67 bits per heavy atom. The maximum absolute atomic E-state index is 12.3. The Hall–Kier alpha value is -3.02. The predicted octanol–water partition coefficient (Wildman–Crippen LogP) is 3.06. The van der Waals surface area contributed by atoms with Crippen LogP contribution in [-0.4, -0.2) is 24.5 Å². The number of hydrogen-bond acceptors (Lipinski definition) is 4. The van der Waals surface area contributed by atoms with E-state index in [-0.39, 0.29) is 24.5 Å². The molecule has 6 heteroatoms. The van der Waals surface area contributed by atoms with Gasteiger partial charge in [-0.3, -0.25) is 9.59 Å². The summed E-state index contributed by atoms with van der Waals surface area (Å²) in [5.74, 6) is 0.835. The first-order valence-electron chi connectivity index (χ1n) is 7.66. The van der Waals surface area contributed by atoms with E-state index in [0.29, 0.717) is 22.7 Å². The second-order valence-corrected chi connectivity index (χ2v) is 5.69. The van der Waals surface area contributed by atoms with Gasteiger partial charge in [0, 0.05) is 17.3 Å². The smallest absolute Gasteiger partial charge is 0.262 e. The summed E-state index contributed by atoms with van der Waals surface area (Å²) < 4.78 is 10.9. The van der Waals surface area contributed by atoms with Crippen LogP contribution in [0.25, 0.3) is 0 Å². The van der Waals surface area contributed by atoms with E-state index in [9.17, 15) is 9.59 Å². The van der Waals surface area contributed by atoms with Crippen LogP contribution >= 0.6 is 0 Å². The van der Waals surface area contributed by atoms with Gasteiger partial charge in [0.05, 0.1) is 11.8 Å². The standard InChI is InChI=1S/C18H18N2O4/c1-11(2)24-14-6-3-12(4-7-14)18(22)19-13-5-8-15-16(9-13)23-10-17(21)20-15/h3-9,11H,10H2,1-2H3,(H,19,22)(H,20,21). The van der Waals surface area contributed by atoms with E-state index in [4.69, 9.17) is 9.47 Å². The zero-order chi connectivity index (χ0) is 17.1. The zero-order valence-electron chi connectivity index (χ0n) is 13.5. The lowest BCUT2D eigenvalue weighted by Gasteiger charge is -2.18. The summed E-state index contributed by atoms with van der Waals surface area (Å²) in [5.41, 5.74) is 1.72. The van der Waals surface area contributed by atoms with Crippen molar-refractivity contribution in [3.63, 3.8) is 0 Å². The third kappa shape index (κ3) is 3.65. The van der Waals surface area contributed by atoms with Crippen molar-refractivity contribution in [3.8, 4) is 11.5 Å². The summed E-state index contributed by atoms with van der Waals surface area (Å²) in [4.78, 5) is 23.6. The molecule has 6 nitrogen and oxygen atoms in total. The molecule has 2 aromatic rings. The predicted molar refractivity (Wildman–Crippen MR) is 90.7 cm³/mol. The van der Waals surface area contributed by atoms with Crippen molar-refractivity contribution >= 4 is 23.2 Å². The van der Waals surface area contributed by atoms with Crippen LogP contribution in [0.4, 0.5) is 11.4 Å². The van der Waals surface area contributed by atoms with Crippen molar-refractivity contribution in [3.05, 3.63) is 48.0 Å². The highest BCUT2D eigenvalue weighted by Crippen LogP contribution is 2.30. The summed E-state index contributed by atoms with van der Waals surface area (Å²) in [6.45, 7) is 3.87. The first kappa shape index (κ1) is 15.9. The largest absolute Gasteiger partial charge is 0.491 e. The quantitative estimate of drug-likeness (QED) is 0.905. The molecule has 0 aromatic heterocycles. The van der Waals surface area contributed by atoms with Gasteiger partial charge in [-0.2, -0.15) is 0 Å². The number of anilines is 2. The Labute approximate surface area is 139 Å². The van der Waals surface area contributed by atoms with Gasteiger partial charge >= 0.3 is 0 Å². The topological polar surface area (TPSA) is 76.7 Å². The number of hydrogen-bond donors (Lipinski definition) is 2. The summed E-state index contributed by atoms with van der Waals surface area (Å²) in [6, 6.07) is 12.0. The van der Waals surface area contributed by atoms with Gasteiger partial charge in [0.25, 0.3) is 11.8 Å². The van der Waals surface area contributed by atoms with Crippen molar-refractivity contribution in [2.75, 3.05) is 17.2 Å². The minimum atomic E-state index is -0.231. The highest BCUT2D eigenvalue weighted by Gasteiger charge is 2.16. The van der Waals surface area contributed by atoms with E-state index in [1.165, 1.54) is 0 Å². The lowest BCUT2D eigenvalue weighted by atomic mass is 10.2. The fourth-order valence-corrected chi connectivity index (χ4v) is 2.31. The van der Waals surface area contributed by atoms with E-state index in [2.05, 4.69) is 10.6 Å². The SMILES string of the molecule is CC(C)Oc1ccc(C(=O)Nc2ccc3c(c2)OCC(=O)N3)cc1. The summed E-state index contributed by atoms with van der Waals surface area (Å²) in [7, 11) is 0. The first-order valence-corrected chi connectivity index (χ1v) is 7.66. The fraction of sp³-hybridized carbons (Fsp3) is 0.222. The van der Waals surface area contributed by atoms with Crippen LogP contribution < -0.4 is 20.1 Å². The van der Waals surface area contributed by atoms with Crippen LogP contribution in [-0.2, 0) is 4.79 Å². The van der Waals surface area contributed by atoms with E-state index in [1.54, 1.807) is 42.5 Å². The van der Waals surface area contributed by atoms with Crippen molar-refractivity contribution in [2.45, 2.75) is 20.0 Å². The summed E-state index contributed by atoms with van der Waals surface area (Å²) in [6.07, 6.45) is 0.0839. The van der Waals surface area contributed by atoms with Gasteiger partial charge in [-0.15, -0.1) is 0 Å². The molecule has 2 N–H and O–H groups in total. The van der Waals surface area contributed by atoms with Gasteiger partial charge in [0.2, 0.25) is 0 Å². The van der Waals surface area contributed by atoms with Crippen molar-refractivity contribution in [1.82, 2.24) is 0 Å². The normalized spacial score (nSPS) is 12.9. The Balaban J connectivity index is 1.69. The lowest BCUT2D eigenvalue weighted by Crippen LogP contribution is -2.25. The maximum Gasteiger partial charge on any atom is 0.262 e. The van der Waals surface area contributed by atoms with Gasteiger partial charge < -0.3 is 20.1 Å². The minimum absolute atomic E-state index is 0.0261. The average molecular weight is 326 g/mol. The highest BCUT2D eigenvalue weighted by atomic mass is 16.5. The summed E-state index contributed by atoms with van der Waals surface area (Å²) >= 11 is 0. The lowest BCUT2D eigenvalue weighted by molar-refractivity contribution is -0.118. The molecule has 0 saturated carbocycles. The second-order valence-electron chi connectivity index (χ2n) is 5.69. The molecule has 1 aliphatic rings. The Bertz CT molecular complexity index is 769. The van der Waals surface area contributed by atoms with Gasteiger partial charge in [-0.1, -0.05) is 0 Å². The molecular weight excluding hydrogens is 308 g/mol. The number of carbonyl (C=O) groups excluding carboxylic acids is 2. The molecule has 1 aliphatic heterocycles. The molecule has 24 heavy (non-hydrogen) atoms. The Kier molecular flexibility index (Phi) is 4.37. The van der Waals surface area contributed by atoms with Gasteiger partial charge in [-0.25, -0.2) is 0 Å². The molecule has 1 heterocycles. The molecule has 0 saturated heterocycles. The van der Waals surface area contributed by atoms with Gasteiger partial charge in [0.1, 0.15) is 11.5 Å². The molecule has 2 aromatic carbocycles. The number of fused-ring (bicyclic) bond motifs is 1. The molecule has 2 amide bonds. The fourth-order valence-electron chi connectivity index (χ4n) is 2.31. The third-order valence-corrected chi connectivity index (χ3v) is 3.36. The number of ether oxygens (including phenoxy) is 2. The van der Waals surface area contributed by atoms with E-state index in [1.807, 2.05) is 13.8 Å². The molecule has 0 aliphatic carbocycles. The molecular formula is C18H18N2O4. The average Bonchev–Trinajstić information content (AvgIpc) is 2.55.